The van der Waals surface area contributed by atoms with Gasteiger partial charge in [-0.3, -0.25) is 14.9 Å². The zero-order chi connectivity index (χ0) is 30.2. The smallest absolute Gasteiger partial charge is 0.302 e. The molecular formula is C33H43NO8. The molecule has 0 radical (unpaired) electrons. The molecule has 1 saturated carbocycles. The number of allylic oxidation sites excluding steroid dienone is 1. The minimum Gasteiger partial charge on any atom is -0.504 e. The van der Waals surface area contributed by atoms with E-state index in [1.165, 1.54) is 21.1 Å². The molecule has 2 aliphatic carbocycles. The number of aryl methyl sites for hydroxylation is 1. The summed E-state index contributed by atoms with van der Waals surface area (Å²) >= 11 is 0. The Hall–Kier alpha value is -3.56. The summed E-state index contributed by atoms with van der Waals surface area (Å²) in [4.78, 5) is 25.7. The van der Waals surface area contributed by atoms with Gasteiger partial charge in [0.1, 0.15) is 11.9 Å². The summed E-state index contributed by atoms with van der Waals surface area (Å²) < 4.78 is 16.3. The predicted octanol–water partition coefficient (Wildman–Crippen LogP) is 4.86. The fourth-order valence-electron chi connectivity index (χ4n) is 6.64. The zero-order valence-corrected chi connectivity index (χ0v) is 24.7. The average Bonchev–Trinajstić information content (AvgIpc) is 3.09. The number of fused-ring (bicyclic) bond motifs is 2. The van der Waals surface area contributed by atoms with Crippen LogP contribution in [-0.4, -0.2) is 60.7 Å². The quantitative estimate of drug-likeness (QED) is 0.193. The summed E-state index contributed by atoms with van der Waals surface area (Å²) in [5.74, 6) is 0.772. The van der Waals surface area contributed by atoms with E-state index in [2.05, 4.69) is 11.4 Å². The molecule has 1 fully saturated rings. The summed E-state index contributed by atoms with van der Waals surface area (Å²) in [7, 11) is 3.00. The molecule has 42 heavy (non-hydrogen) atoms. The number of carbonyl (C=O) groups excluding carboxylic acids is 2. The number of hydrogen-bond acceptors (Lipinski definition) is 9. The Bertz CT molecular complexity index is 1290. The molecule has 0 saturated heterocycles. The molecule has 2 aliphatic rings. The average molecular weight is 582 g/mol. The molecule has 0 unspecified atom stereocenters. The van der Waals surface area contributed by atoms with Crippen molar-refractivity contribution >= 4 is 17.3 Å². The third-order valence-electron chi connectivity index (χ3n) is 8.57. The summed E-state index contributed by atoms with van der Waals surface area (Å²) in [6.07, 6.45) is 7.24. The maximum absolute atomic E-state index is 13.7. The Balaban J connectivity index is 1.59. The van der Waals surface area contributed by atoms with Crippen LogP contribution in [0.25, 0.3) is 5.57 Å². The zero-order valence-electron chi connectivity index (χ0n) is 24.7. The number of methoxy groups -OCH3 is 2. The van der Waals surface area contributed by atoms with Crippen LogP contribution in [0.3, 0.4) is 0 Å². The number of hydrogen-bond donors (Lipinski definition) is 4. The second-order valence-corrected chi connectivity index (χ2v) is 11.3. The van der Waals surface area contributed by atoms with Crippen molar-refractivity contribution in [1.82, 2.24) is 5.32 Å². The fourth-order valence-corrected chi connectivity index (χ4v) is 6.64. The number of nitrogens with one attached hydrogen (secondary N) is 1. The molecule has 228 valence electrons. The lowest BCUT2D eigenvalue weighted by molar-refractivity contribution is -0.147. The van der Waals surface area contributed by atoms with Gasteiger partial charge in [0.2, 0.25) is 0 Å². The van der Waals surface area contributed by atoms with Gasteiger partial charge in [-0.1, -0.05) is 25.0 Å². The number of ketones is 1. The van der Waals surface area contributed by atoms with E-state index in [1.807, 2.05) is 6.07 Å². The number of benzene rings is 2. The van der Waals surface area contributed by atoms with Gasteiger partial charge in [0.05, 0.1) is 21.0 Å². The van der Waals surface area contributed by atoms with Crippen LogP contribution in [0, 0.1) is 11.8 Å². The van der Waals surface area contributed by atoms with Crippen LogP contribution in [0.5, 0.6) is 23.0 Å². The number of esters is 1. The van der Waals surface area contributed by atoms with Gasteiger partial charge < -0.3 is 29.5 Å². The van der Waals surface area contributed by atoms with Crippen LogP contribution in [-0.2, 0) is 20.7 Å². The number of phenols is 2. The summed E-state index contributed by atoms with van der Waals surface area (Å²) in [5, 5.41) is 33.0. The molecule has 0 aromatic heterocycles. The van der Waals surface area contributed by atoms with Crippen LogP contribution in [0.4, 0.5) is 0 Å². The third kappa shape index (κ3) is 7.63. The Morgan fingerprint density at radius 2 is 1.76 bits per heavy atom. The number of Topliss-reactive ketones (excluding diaryl/α,β-unsaturated/α-hetero) is 1. The molecular weight excluding hydrogens is 538 g/mol. The highest BCUT2D eigenvalue weighted by atomic mass is 16.5. The number of carbonyl (C=O) groups is 2. The molecule has 0 amide bonds. The molecule has 0 heterocycles. The topological polar surface area (TPSA) is 135 Å². The minimum atomic E-state index is -0.584. The first-order chi connectivity index (χ1) is 20.2. The van der Waals surface area contributed by atoms with E-state index in [4.69, 9.17) is 14.2 Å². The van der Waals surface area contributed by atoms with Crippen molar-refractivity contribution in [2.45, 2.75) is 70.3 Å². The second kappa shape index (κ2) is 14.6. The van der Waals surface area contributed by atoms with E-state index in [0.717, 1.165) is 47.9 Å². The molecule has 0 aliphatic heterocycles. The number of aliphatic hydroxyl groups excluding tert-OH is 1. The summed E-state index contributed by atoms with van der Waals surface area (Å²) in [6.45, 7) is 1.62. The predicted molar refractivity (Wildman–Crippen MR) is 159 cm³/mol. The first-order valence-electron chi connectivity index (χ1n) is 14.7. The molecule has 2 aromatic carbocycles. The number of rotatable bonds is 13. The monoisotopic (exact) mass is 581 g/mol. The molecule has 4 atom stereocenters. The third-order valence-corrected chi connectivity index (χ3v) is 8.57. The maximum atomic E-state index is 13.7. The Morgan fingerprint density at radius 3 is 2.48 bits per heavy atom. The van der Waals surface area contributed by atoms with Crippen molar-refractivity contribution in [3.8, 4) is 23.0 Å². The van der Waals surface area contributed by atoms with Crippen LogP contribution < -0.4 is 14.8 Å². The molecule has 9 heteroatoms. The van der Waals surface area contributed by atoms with Crippen molar-refractivity contribution in [1.29, 1.82) is 0 Å². The van der Waals surface area contributed by atoms with E-state index in [9.17, 15) is 24.9 Å². The number of ether oxygens (including phenoxy) is 3. The first kappa shape index (κ1) is 31.4. The number of aliphatic hydroxyl groups is 1. The lowest BCUT2D eigenvalue weighted by Crippen LogP contribution is -2.27. The molecule has 4 N–H and O–H groups in total. The lowest BCUT2D eigenvalue weighted by Gasteiger charge is -2.35. The van der Waals surface area contributed by atoms with Gasteiger partial charge in [-0.05, 0) is 90.0 Å². The lowest BCUT2D eigenvalue weighted by atomic mass is 9.69. The Labute approximate surface area is 247 Å². The molecule has 9 nitrogen and oxygen atoms in total. The van der Waals surface area contributed by atoms with Gasteiger partial charge in [-0.25, -0.2) is 0 Å². The van der Waals surface area contributed by atoms with Gasteiger partial charge >= 0.3 is 5.97 Å². The number of aromatic hydroxyl groups is 2. The van der Waals surface area contributed by atoms with Gasteiger partial charge in [0, 0.05) is 26.3 Å². The standard InChI is InChI=1S/C33H43NO8/c1-20(36)42-25(10-8-21-9-11-30(38)32(12-21)40-2)14-24(37)15-28-26-7-5-4-6-22(26)13-23(18-34-19-35)27-16-31(39)33(41-3)17-29(27)28/h9,11-13,16-17,22,25-26,28,34-35,38-39H,4-8,10,14-15,18-19H2,1-3H3/t22-,25-,26+,28+/m1/s1. The van der Waals surface area contributed by atoms with Crippen molar-refractivity contribution in [2.24, 2.45) is 11.8 Å². The van der Waals surface area contributed by atoms with Crippen LogP contribution in [0.15, 0.2) is 36.4 Å². The van der Waals surface area contributed by atoms with E-state index in [0.29, 0.717) is 30.9 Å². The van der Waals surface area contributed by atoms with E-state index < -0.39 is 12.1 Å². The Morgan fingerprint density at radius 1 is 1.02 bits per heavy atom. The van der Waals surface area contributed by atoms with E-state index >= 15 is 0 Å². The van der Waals surface area contributed by atoms with Crippen LogP contribution >= 0.6 is 0 Å². The maximum Gasteiger partial charge on any atom is 0.302 e. The van der Waals surface area contributed by atoms with Gasteiger partial charge in [-0.15, -0.1) is 0 Å². The Kier molecular flexibility index (Phi) is 10.9. The van der Waals surface area contributed by atoms with E-state index in [1.54, 1.807) is 24.3 Å². The highest BCUT2D eigenvalue weighted by Crippen LogP contribution is 2.50. The van der Waals surface area contributed by atoms with Crippen LogP contribution in [0.1, 0.15) is 74.5 Å². The van der Waals surface area contributed by atoms with Gasteiger partial charge in [0.25, 0.3) is 0 Å². The van der Waals surface area contributed by atoms with Crippen molar-refractivity contribution in [3.63, 3.8) is 0 Å². The number of phenolic OH excluding ortho intramolecular Hbond substituents is 2. The highest BCUT2D eigenvalue weighted by Gasteiger charge is 2.38. The highest BCUT2D eigenvalue weighted by molar-refractivity contribution is 5.82. The van der Waals surface area contributed by atoms with Crippen molar-refractivity contribution in [2.75, 3.05) is 27.5 Å². The van der Waals surface area contributed by atoms with Crippen molar-refractivity contribution < 1.29 is 39.1 Å². The second-order valence-electron chi connectivity index (χ2n) is 11.3. The molecule has 0 spiro atoms. The SMILES string of the molecule is COc1cc(CC[C@H](CC(=O)C[C@@H]2c3cc(OC)c(O)cc3C(CNCO)=C[C@H]3CCCC[C@H]23)OC(C)=O)ccc1O. The van der Waals surface area contributed by atoms with E-state index in [-0.39, 0.29) is 54.6 Å². The summed E-state index contributed by atoms with van der Waals surface area (Å²) in [5.41, 5.74) is 3.71. The largest absolute Gasteiger partial charge is 0.504 e. The minimum absolute atomic E-state index is 0.00813. The summed E-state index contributed by atoms with van der Waals surface area (Å²) in [6, 6.07) is 8.66. The first-order valence-corrected chi connectivity index (χ1v) is 14.7. The van der Waals surface area contributed by atoms with Crippen molar-refractivity contribution in [3.05, 3.63) is 53.1 Å². The molecule has 0 bridgehead atoms. The van der Waals surface area contributed by atoms with Gasteiger partial charge in [-0.2, -0.15) is 0 Å². The van der Waals surface area contributed by atoms with Crippen LogP contribution in [0.2, 0.25) is 0 Å². The molecule has 4 rings (SSSR count). The van der Waals surface area contributed by atoms with Gasteiger partial charge in [0.15, 0.2) is 23.0 Å². The fraction of sp³-hybridized carbons (Fsp3) is 0.515. The normalized spacial score (nSPS) is 20.4. The molecule has 2 aromatic rings.